The van der Waals surface area contributed by atoms with E-state index in [4.69, 9.17) is 23.2 Å². The number of hydrogen-bond acceptors (Lipinski definition) is 5. The third-order valence-corrected chi connectivity index (χ3v) is 2.77. The van der Waals surface area contributed by atoms with Crippen LogP contribution in [0.4, 0.5) is 5.82 Å². The van der Waals surface area contributed by atoms with Crippen molar-refractivity contribution in [1.29, 1.82) is 0 Å². The molecule has 7 heteroatoms. The molecule has 1 aliphatic heterocycles. The predicted molar refractivity (Wildman–Crippen MR) is 57.3 cm³/mol. The number of halogens is 2. The van der Waals surface area contributed by atoms with E-state index in [9.17, 15) is 5.11 Å². The van der Waals surface area contributed by atoms with Gasteiger partial charge >= 0.3 is 0 Å². The lowest BCUT2D eigenvalue weighted by atomic mass is 10.1. The first-order chi connectivity index (χ1) is 7.16. The molecule has 1 N–H and O–H groups in total. The quantitative estimate of drug-likeness (QED) is 0.808. The fraction of sp³-hybridized carbons (Fsp3) is 0.625. The Morgan fingerprint density at radius 3 is 2.53 bits per heavy atom. The van der Waals surface area contributed by atoms with Crippen LogP contribution in [0.3, 0.4) is 0 Å². The molecule has 2 rings (SSSR count). The molecule has 0 spiro atoms. The summed E-state index contributed by atoms with van der Waals surface area (Å²) in [6, 6.07) is 0. The average molecular weight is 249 g/mol. The number of piperidine rings is 1. The highest BCUT2D eigenvalue weighted by Crippen LogP contribution is 2.24. The highest BCUT2D eigenvalue weighted by atomic mass is 35.5. The van der Waals surface area contributed by atoms with Crippen molar-refractivity contribution in [3.05, 3.63) is 10.4 Å². The Balaban J connectivity index is 2.18. The summed E-state index contributed by atoms with van der Waals surface area (Å²) in [5, 5.41) is 16.9. The first-order valence-corrected chi connectivity index (χ1v) is 5.41. The molecule has 0 atom stereocenters. The lowest BCUT2D eigenvalue weighted by Crippen LogP contribution is -2.36. The van der Waals surface area contributed by atoms with Gasteiger partial charge in [-0.05, 0) is 24.4 Å². The van der Waals surface area contributed by atoms with Crippen LogP contribution in [0.25, 0.3) is 0 Å². The standard InChI is InChI=1S/C8H10Cl2N4O/c9-6-7(11-8(10)13-12-6)14-3-1-5(15)2-4-14/h5,15H,1-4H2. The topological polar surface area (TPSA) is 62.1 Å². The Hall–Kier alpha value is -0.650. The fourth-order valence-corrected chi connectivity index (χ4v) is 1.88. The maximum Gasteiger partial charge on any atom is 0.245 e. The number of hydrogen-bond donors (Lipinski definition) is 1. The number of rotatable bonds is 1. The van der Waals surface area contributed by atoms with Crippen LogP contribution < -0.4 is 4.90 Å². The van der Waals surface area contributed by atoms with Crippen molar-refractivity contribution < 1.29 is 5.11 Å². The van der Waals surface area contributed by atoms with Crippen LogP contribution in [-0.2, 0) is 0 Å². The molecule has 1 fully saturated rings. The van der Waals surface area contributed by atoms with E-state index in [-0.39, 0.29) is 16.5 Å². The van der Waals surface area contributed by atoms with Crippen molar-refractivity contribution in [1.82, 2.24) is 15.2 Å². The summed E-state index contributed by atoms with van der Waals surface area (Å²) in [4.78, 5) is 5.98. The first kappa shape index (κ1) is 10.9. The summed E-state index contributed by atoms with van der Waals surface area (Å²) >= 11 is 11.5. The lowest BCUT2D eigenvalue weighted by Gasteiger charge is -2.30. The van der Waals surface area contributed by atoms with Crippen LogP contribution in [-0.4, -0.2) is 39.5 Å². The molecule has 0 amide bonds. The van der Waals surface area contributed by atoms with Gasteiger partial charge in [0.15, 0.2) is 11.0 Å². The van der Waals surface area contributed by atoms with Gasteiger partial charge in [-0.15, -0.1) is 10.2 Å². The van der Waals surface area contributed by atoms with Crippen molar-refractivity contribution in [2.24, 2.45) is 0 Å². The third kappa shape index (κ3) is 2.48. The molecule has 1 aliphatic rings. The van der Waals surface area contributed by atoms with Gasteiger partial charge in [0.2, 0.25) is 5.28 Å². The number of aliphatic hydroxyl groups is 1. The molecular formula is C8H10Cl2N4O. The minimum Gasteiger partial charge on any atom is -0.393 e. The van der Waals surface area contributed by atoms with Crippen molar-refractivity contribution in [3.63, 3.8) is 0 Å². The van der Waals surface area contributed by atoms with Gasteiger partial charge < -0.3 is 10.0 Å². The Morgan fingerprint density at radius 1 is 1.20 bits per heavy atom. The summed E-state index contributed by atoms with van der Waals surface area (Å²) in [5.41, 5.74) is 0. The average Bonchev–Trinajstić information content (AvgIpc) is 2.23. The van der Waals surface area contributed by atoms with Gasteiger partial charge in [-0.3, -0.25) is 0 Å². The van der Waals surface area contributed by atoms with Gasteiger partial charge in [0.25, 0.3) is 0 Å². The summed E-state index contributed by atoms with van der Waals surface area (Å²) in [5.74, 6) is 0.545. The van der Waals surface area contributed by atoms with Gasteiger partial charge in [0.05, 0.1) is 6.10 Å². The Bertz CT molecular complexity index is 354. The lowest BCUT2D eigenvalue weighted by molar-refractivity contribution is 0.145. The van der Waals surface area contributed by atoms with Gasteiger partial charge in [0, 0.05) is 13.1 Å². The molecule has 2 heterocycles. The van der Waals surface area contributed by atoms with Crippen molar-refractivity contribution in [2.45, 2.75) is 18.9 Å². The summed E-state index contributed by atoms with van der Waals surface area (Å²) in [6.07, 6.45) is 1.18. The molecule has 0 saturated carbocycles. The van der Waals surface area contributed by atoms with E-state index in [2.05, 4.69) is 15.2 Å². The SMILES string of the molecule is OC1CCN(c2nc(Cl)nnc2Cl)CC1. The number of aliphatic hydroxyl groups excluding tert-OH is 1. The van der Waals surface area contributed by atoms with Crippen molar-refractivity contribution in [2.75, 3.05) is 18.0 Å². The maximum atomic E-state index is 9.36. The minimum absolute atomic E-state index is 0.0838. The molecule has 1 saturated heterocycles. The second-order valence-corrected chi connectivity index (χ2v) is 4.11. The van der Waals surface area contributed by atoms with E-state index in [1.165, 1.54) is 0 Å². The van der Waals surface area contributed by atoms with Crippen LogP contribution in [0, 0.1) is 0 Å². The van der Waals surface area contributed by atoms with Gasteiger partial charge in [0.1, 0.15) is 0 Å². The summed E-state index contributed by atoms with van der Waals surface area (Å²) in [6.45, 7) is 1.41. The van der Waals surface area contributed by atoms with Crippen LogP contribution in [0.1, 0.15) is 12.8 Å². The van der Waals surface area contributed by atoms with Crippen LogP contribution in [0.2, 0.25) is 10.4 Å². The highest BCUT2D eigenvalue weighted by molar-refractivity contribution is 6.32. The van der Waals surface area contributed by atoms with E-state index >= 15 is 0 Å². The third-order valence-electron chi connectivity index (χ3n) is 2.37. The Kier molecular flexibility index (Phi) is 3.23. The number of anilines is 1. The molecule has 0 aliphatic carbocycles. The zero-order chi connectivity index (χ0) is 10.8. The van der Waals surface area contributed by atoms with E-state index in [0.29, 0.717) is 31.7 Å². The maximum absolute atomic E-state index is 9.36. The molecule has 15 heavy (non-hydrogen) atoms. The summed E-state index contributed by atoms with van der Waals surface area (Å²) in [7, 11) is 0. The van der Waals surface area contributed by atoms with E-state index in [1.807, 2.05) is 4.90 Å². The smallest absolute Gasteiger partial charge is 0.245 e. The van der Waals surface area contributed by atoms with Gasteiger partial charge in [-0.1, -0.05) is 11.6 Å². The second-order valence-electron chi connectivity index (χ2n) is 3.41. The van der Waals surface area contributed by atoms with Gasteiger partial charge in [-0.2, -0.15) is 4.98 Å². The zero-order valence-electron chi connectivity index (χ0n) is 7.90. The summed E-state index contributed by atoms with van der Waals surface area (Å²) < 4.78 is 0. The molecule has 1 aromatic rings. The van der Waals surface area contributed by atoms with Crippen LogP contribution in [0.15, 0.2) is 0 Å². The predicted octanol–water partition coefficient (Wildman–Crippen LogP) is 1.14. The van der Waals surface area contributed by atoms with Crippen LogP contribution >= 0.6 is 23.2 Å². The molecule has 0 radical (unpaired) electrons. The molecule has 82 valence electrons. The van der Waals surface area contributed by atoms with E-state index in [1.54, 1.807) is 0 Å². The van der Waals surface area contributed by atoms with Crippen LogP contribution in [0.5, 0.6) is 0 Å². The molecule has 0 bridgehead atoms. The highest BCUT2D eigenvalue weighted by Gasteiger charge is 2.21. The van der Waals surface area contributed by atoms with E-state index < -0.39 is 0 Å². The van der Waals surface area contributed by atoms with Crippen molar-refractivity contribution in [3.8, 4) is 0 Å². The first-order valence-electron chi connectivity index (χ1n) is 4.65. The fourth-order valence-electron chi connectivity index (χ4n) is 1.56. The second kappa shape index (κ2) is 4.47. The van der Waals surface area contributed by atoms with E-state index in [0.717, 1.165) is 0 Å². The molecule has 0 unspecified atom stereocenters. The minimum atomic E-state index is -0.231. The number of aromatic nitrogens is 3. The monoisotopic (exact) mass is 248 g/mol. The number of nitrogens with zero attached hydrogens (tertiary/aromatic N) is 4. The normalized spacial score (nSPS) is 18.2. The molecule has 0 aromatic carbocycles. The largest absolute Gasteiger partial charge is 0.393 e. The Labute approximate surface area is 97.0 Å². The molecular weight excluding hydrogens is 239 g/mol. The molecule has 5 nitrogen and oxygen atoms in total. The zero-order valence-corrected chi connectivity index (χ0v) is 9.41. The van der Waals surface area contributed by atoms with Crippen molar-refractivity contribution >= 4 is 29.0 Å². The van der Waals surface area contributed by atoms with Gasteiger partial charge in [-0.25, -0.2) is 0 Å². The Morgan fingerprint density at radius 2 is 1.87 bits per heavy atom. The molecule has 1 aromatic heterocycles.